The SMILES string of the molecule is CCOc1cccc(N2CCCNC(C(C)CC)C2)c1. The summed E-state index contributed by atoms with van der Waals surface area (Å²) in [6.07, 6.45) is 2.43. The number of hydrogen-bond donors (Lipinski definition) is 1. The first-order valence-corrected chi connectivity index (χ1v) is 7.95. The van der Waals surface area contributed by atoms with Crippen molar-refractivity contribution in [2.45, 2.75) is 39.7 Å². The lowest BCUT2D eigenvalue weighted by molar-refractivity contribution is 0.340. The number of ether oxygens (including phenoxy) is 1. The van der Waals surface area contributed by atoms with Crippen LogP contribution in [-0.4, -0.2) is 32.3 Å². The Balaban J connectivity index is 2.11. The second-order valence-corrected chi connectivity index (χ2v) is 5.68. The van der Waals surface area contributed by atoms with Crippen LogP contribution in [0.2, 0.25) is 0 Å². The summed E-state index contributed by atoms with van der Waals surface area (Å²) in [7, 11) is 0. The maximum Gasteiger partial charge on any atom is 0.121 e. The van der Waals surface area contributed by atoms with Gasteiger partial charge in [0, 0.05) is 30.9 Å². The smallest absolute Gasteiger partial charge is 0.121 e. The molecule has 0 amide bonds. The first kappa shape index (κ1) is 15.2. The third-order valence-corrected chi connectivity index (χ3v) is 4.25. The molecule has 112 valence electrons. The van der Waals surface area contributed by atoms with E-state index >= 15 is 0 Å². The zero-order valence-electron chi connectivity index (χ0n) is 13.1. The minimum atomic E-state index is 0.582. The van der Waals surface area contributed by atoms with Gasteiger partial charge in [-0.25, -0.2) is 0 Å². The van der Waals surface area contributed by atoms with E-state index in [1.807, 2.05) is 13.0 Å². The van der Waals surface area contributed by atoms with Gasteiger partial charge in [-0.3, -0.25) is 0 Å². The van der Waals surface area contributed by atoms with E-state index in [2.05, 4.69) is 42.3 Å². The van der Waals surface area contributed by atoms with Gasteiger partial charge in [0.15, 0.2) is 0 Å². The Hall–Kier alpha value is -1.22. The third-order valence-electron chi connectivity index (χ3n) is 4.25. The number of nitrogens with one attached hydrogen (secondary N) is 1. The molecule has 0 bridgehead atoms. The summed E-state index contributed by atoms with van der Waals surface area (Å²) >= 11 is 0. The van der Waals surface area contributed by atoms with Crippen molar-refractivity contribution in [3.8, 4) is 5.75 Å². The lowest BCUT2D eigenvalue weighted by atomic mass is 9.99. The quantitative estimate of drug-likeness (QED) is 0.893. The molecule has 2 rings (SSSR count). The predicted molar refractivity (Wildman–Crippen MR) is 85.7 cm³/mol. The van der Waals surface area contributed by atoms with Crippen LogP contribution in [0.4, 0.5) is 5.69 Å². The highest BCUT2D eigenvalue weighted by molar-refractivity contribution is 5.51. The second-order valence-electron chi connectivity index (χ2n) is 5.68. The van der Waals surface area contributed by atoms with Crippen LogP contribution in [0, 0.1) is 5.92 Å². The molecule has 0 aromatic heterocycles. The summed E-state index contributed by atoms with van der Waals surface area (Å²) in [5, 5.41) is 3.70. The molecule has 3 heteroatoms. The molecule has 1 aromatic rings. The maximum absolute atomic E-state index is 5.62. The molecule has 1 aliphatic rings. The summed E-state index contributed by atoms with van der Waals surface area (Å²) in [5.41, 5.74) is 1.29. The number of anilines is 1. The molecule has 2 atom stereocenters. The van der Waals surface area contributed by atoms with Crippen LogP contribution in [0.15, 0.2) is 24.3 Å². The molecule has 1 N–H and O–H groups in total. The van der Waals surface area contributed by atoms with Crippen LogP contribution < -0.4 is 15.0 Å². The van der Waals surface area contributed by atoms with Crippen LogP contribution >= 0.6 is 0 Å². The summed E-state index contributed by atoms with van der Waals surface area (Å²) in [4.78, 5) is 2.50. The summed E-state index contributed by atoms with van der Waals surface area (Å²) in [6.45, 7) is 10.7. The van der Waals surface area contributed by atoms with Gasteiger partial charge in [0.1, 0.15) is 5.75 Å². The average Bonchev–Trinajstić information content (AvgIpc) is 2.73. The highest BCUT2D eigenvalue weighted by Crippen LogP contribution is 2.24. The van der Waals surface area contributed by atoms with Gasteiger partial charge in [0.2, 0.25) is 0 Å². The lowest BCUT2D eigenvalue weighted by Crippen LogP contribution is -2.42. The molecule has 1 heterocycles. The summed E-state index contributed by atoms with van der Waals surface area (Å²) in [6, 6.07) is 9.08. The normalized spacial score (nSPS) is 21.4. The number of benzene rings is 1. The molecule has 0 spiro atoms. The topological polar surface area (TPSA) is 24.5 Å². The van der Waals surface area contributed by atoms with Crippen LogP contribution in [0.5, 0.6) is 5.75 Å². The van der Waals surface area contributed by atoms with E-state index in [1.165, 1.54) is 18.5 Å². The molecule has 0 aliphatic carbocycles. The standard InChI is InChI=1S/C17H28N2O/c1-4-14(3)17-13-19(11-7-10-18-17)15-8-6-9-16(12-15)20-5-2/h6,8-9,12,14,17-18H,4-5,7,10-11,13H2,1-3H3. The molecule has 1 aromatic carbocycles. The van der Waals surface area contributed by atoms with Crippen molar-refractivity contribution in [1.29, 1.82) is 0 Å². The van der Waals surface area contributed by atoms with E-state index in [0.717, 1.165) is 32.0 Å². The monoisotopic (exact) mass is 276 g/mol. The number of nitrogens with zero attached hydrogens (tertiary/aromatic N) is 1. The number of hydrogen-bond acceptors (Lipinski definition) is 3. The van der Waals surface area contributed by atoms with Crippen LogP contribution in [0.1, 0.15) is 33.6 Å². The minimum absolute atomic E-state index is 0.582. The summed E-state index contributed by atoms with van der Waals surface area (Å²) < 4.78 is 5.62. The molecule has 1 fully saturated rings. The Morgan fingerprint density at radius 2 is 2.25 bits per heavy atom. The molecular weight excluding hydrogens is 248 g/mol. The van der Waals surface area contributed by atoms with Gasteiger partial charge in [-0.15, -0.1) is 0 Å². The molecule has 20 heavy (non-hydrogen) atoms. The van der Waals surface area contributed by atoms with Crippen LogP contribution in [0.25, 0.3) is 0 Å². The zero-order chi connectivity index (χ0) is 14.4. The van der Waals surface area contributed by atoms with Gasteiger partial charge < -0.3 is 15.0 Å². The fourth-order valence-corrected chi connectivity index (χ4v) is 2.79. The Morgan fingerprint density at radius 3 is 3.00 bits per heavy atom. The van der Waals surface area contributed by atoms with E-state index in [4.69, 9.17) is 4.74 Å². The van der Waals surface area contributed by atoms with Gasteiger partial charge in [-0.05, 0) is 37.9 Å². The third kappa shape index (κ3) is 3.89. The molecule has 0 radical (unpaired) electrons. The van der Waals surface area contributed by atoms with E-state index in [1.54, 1.807) is 0 Å². The van der Waals surface area contributed by atoms with Crippen molar-refractivity contribution in [3.63, 3.8) is 0 Å². The Bertz CT molecular complexity index is 408. The van der Waals surface area contributed by atoms with E-state index in [0.29, 0.717) is 12.0 Å². The van der Waals surface area contributed by atoms with Crippen molar-refractivity contribution in [2.24, 2.45) is 5.92 Å². The highest BCUT2D eigenvalue weighted by Gasteiger charge is 2.22. The van der Waals surface area contributed by atoms with Gasteiger partial charge in [-0.2, -0.15) is 0 Å². The van der Waals surface area contributed by atoms with Gasteiger partial charge >= 0.3 is 0 Å². The van der Waals surface area contributed by atoms with Crippen LogP contribution in [0.3, 0.4) is 0 Å². The molecular formula is C17H28N2O. The molecule has 3 nitrogen and oxygen atoms in total. The largest absolute Gasteiger partial charge is 0.494 e. The van der Waals surface area contributed by atoms with Gasteiger partial charge in [0.05, 0.1) is 6.61 Å². The van der Waals surface area contributed by atoms with E-state index < -0.39 is 0 Å². The van der Waals surface area contributed by atoms with E-state index in [-0.39, 0.29) is 0 Å². The second kappa shape index (κ2) is 7.53. The first-order chi connectivity index (χ1) is 9.74. The number of rotatable bonds is 5. The minimum Gasteiger partial charge on any atom is -0.494 e. The fourth-order valence-electron chi connectivity index (χ4n) is 2.79. The molecule has 1 aliphatic heterocycles. The Kier molecular flexibility index (Phi) is 5.72. The molecule has 0 saturated carbocycles. The maximum atomic E-state index is 5.62. The summed E-state index contributed by atoms with van der Waals surface area (Å²) in [5.74, 6) is 1.69. The molecule has 1 saturated heterocycles. The van der Waals surface area contributed by atoms with Crippen molar-refractivity contribution in [3.05, 3.63) is 24.3 Å². The van der Waals surface area contributed by atoms with Gasteiger partial charge in [-0.1, -0.05) is 26.3 Å². The fraction of sp³-hybridized carbons (Fsp3) is 0.647. The lowest BCUT2D eigenvalue weighted by Gasteiger charge is -2.29. The van der Waals surface area contributed by atoms with Crippen molar-refractivity contribution >= 4 is 5.69 Å². The predicted octanol–water partition coefficient (Wildman–Crippen LogP) is 3.30. The average molecular weight is 276 g/mol. The Labute approximate surface area is 123 Å². The van der Waals surface area contributed by atoms with Crippen molar-refractivity contribution < 1.29 is 4.74 Å². The zero-order valence-corrected chi connectivity index (χ0v) is 13.1. The highest BCUT2D eigenvalue weighted by atomic mass is 16.5. The first-order valence-electron chi connectivity index (χ1n) is 7.95. The van der Waals surface area contributed by atoms with E-state index in [9.17, 15) is 0 Å². The molecule has 2 unspecified atom stereocenters. The van der Waals surface area contributed by atoms with Crippen LogP contribution in [-0.2, 0) is 0 Å². The van der Waals surface area contributed by atoms with Crippen molar-refractivity contribution in [2.75, 3.05) is 31.1 Å². The van der Waals surface area contributed by atoms with Crippen molar-refractivity contribution in [1.82, 2.24) is 5.32 Å². The van der Waals surface area contributed by atoms with Gasteiger partial charge in [0.25, 0.3) is 0 Å². The Morgan fingerprint density at radius 1 is 1.40 bits per heavy atom.